The largest absolute Gasteiger partial charge is 0.494 e. The van der Waals surface area contributed by atoms with Gasteiger partial charge < -0.3 is 10.1 Å². The van der Waals surface area contributed by atoms with Crippen LogP contribution in [-0.4, -0.2) is 47.9 Å². The van der Waals surface area contributed by atoms with Crippen molar-refractivity contribution >= 4 is 15.8 Å². The third-order valence-corrected chi connectivity index (χ3v) is 5.21. The van der Waals surface area contributed by atoms with Gasteiger partial charge in [-0.2, -0.15) is 5.10 Å². The molecule has 148 valence electrons. The van der Waals surface area contributed by atoms with Crippen LogP contribution in [0, 0.1) is 6.92 Å². The highest BCUT2D eigenvalue weighted by molar-refractivity contribution is 7.89. The van der Waals surface area contributed by atoms with Crippen molar-refractivity contribution in [1.29, 1.82) is 0 Å². The molecule has 0 saturated carbocycles. The average Bonchev–Trinajstić information content (AvgIpc) is 3.21. The molecule has 3 aromatic rings. The van der Waals surface area contributed by atoms with Crippen LogP contribution in [-0.2, 0) is 10.0 Å². The van der Waals surface area contributed by atoms with Crippen molar-refractivity contribution in [2.24, 2.45) is 0 Å². The van der Waals surface area contributed by atoms with Gasteiger partial charge in [-0.1, -0.05) is 0 Å². The van der Waals surface area contributed by atoms with Crippen molar-refractivity contribution in [1.82, 2.24) is 24.5 Å². The standard InChI is InChI=1S/C18H22N6O3S/c1-3-27-15-5-7-16(8-6-15)28(25,26)21-11-10-19-17-13-18(23-14(2)22-17)24-12-4-9-20-24/h4-9,12-13,21H,3,10-11H2,1-2H3,(H,19,22,23). The predicted octanol–water partition coefficient (Wildman–Crippen LogP) is 1.76. The number of hydrogen-bond acceptors (Lipinski definition) is 7. The number of rotatable bonds is 9. The lowest BCUT2D eigenvalue weighted by molar-refractivity contribution is 0.340. The zero-order valence-corrected chi connectivity index (χ0v) is 16.5. The number of nitrogens with one attached hydrogen (secondary N) is 2. The predicted molar refractivity (Wildman–Crippen MR) is 105 cm³/mol. The summed E-state index contributed by atoms with van der Waals surface area (Å²) in [4.78, 5) is 8.83. The van der Waals surface area contributed by atoms with Crippen LogP contribution < -0.4 is 14.8 Å². The monoisotopic (exact) mass is 402 g/mol. The smallest absolute Gasteiger partial charge is 0.240 e. The summed E-state index contributed by atoms with van der Waals surface area (Å²) in [5, 5.41) is 7.25. The Kier molecular flexibility index (Phi) is 6.22. The van der Waals surface area contributed by atoms with Crippen molar-refractivity contribution in [2.75, 3.05) is 25.0 Å². The van der Waals surface area contributed by atoms with E-state index in [4.69, 9.17) is 4.74 Å². The number of aryl methyl sites for hydroxylation is 1. The fourth-order valence-corrected chi connectivity index (χ4v) is 3.54. The molecule has 2 aromatic heterocycles. The van der Waals surface area contributed by atoms with Crippen molar-refractivity contribution < 1.29 is 13.2 Å². The van der Waals surface area contributed by atoms with Gasteiger partial charge >= 0.3 is 0 Å². The maximum atomic E-state index is 12.4. The summed E-state index contributed by atoms with van der Waals surface area (Å²) in [5.41, 5.74) is 0. The first-order chi connectivity index (χ1) is 13.5. The van der Waals surface area contributed by atoms with Gasteiger partial charge in [0.15, 0.2) is 5.82 Å². The van der Waals surface area contributed by atoms with E-state index in [1.165, 1.54) is 12.1 Å². The van der Waals surface area contributed by atoms with Crippen LogP contribution in [0.2, 0.25) is 0 Å². The lowest BCUT2D eigenvalue weighted by Crippen LogP contribution is -2.29. The average molecular weight is 402 g/mol. The molecule has 0 aliphatic rings. The van der Waals surface area contributed by atoms with E-state index >= 15 is 0 Å². The molecule has 0 bridgehead atoms. The van der Waals surface area contributed by atoms with E-state index in [2.05, 4.69) is 25.1 Å². The minimum absolute atomic E-state index is 0.190. The molecule has 10 heteroatoms. The summed E-state index contributed by atoms with van der Waals surface area (Å²) < 4.78 is 34.2. The number of hydrogen-bond donors (Lipinski definition) is 2. The SMILES string of the molecule is CCOc1ccc(S(=O)(=O)NCCNc2cc(-n3cccn3)nc(C)n2)cc1. The van der Waals surface area contributed by atoms with Gasteiger partial charge in [-0.15, -0.1) is 0 Å². The van der Waals surface area contributed by atoms with Crippen molar-refractivity contribution in [3.05, 3.63) is 54.6 Å². The first-order valence-corrected chi connectivity index (χ1v) is 10.3. The summed E-state index contributed by atoms with van der Waals surface area (Å²) in [6, 6.07) is 9.87. The van der Waals surface area contributed by atoms with Gasteiger partial charge in [0, 0.05) is 31.5 Å². The lowest BCUT2D eigenvalue weighted by atomic mass is 10.3. The minimum atomic E-state index is -3.59. The molecule has 0 saturated heterocycles. The summed E-state index contributed by atoms with van der Waals surface area (Å²) >= 11 is 0. The first kappa shape index (κ1) is 19.8. The van der Waals surface area contributed by atoms with Crippen molar-refractivity contribution in [2.45, 2.75) is 18.7 Å². The normalized spacial score (nSPS) is 11.4. The van der Waals surface area contributed by atoms with E-state index < -0.39 is 10.0 Å². The van der Waals surface area contributed by atoms with Crippen LogP contribution in [0.1, 0.15) is 12.7 Å². The Morgan fingerprint density at radius 2 is 1.93 bits per heavy atom. The summed E-state index contributed by atoms with van der Waals surface area (Å²) in [5.74, 6) is 2.45. The second-order valence-corrected chi connectivity index (χ2v) is 7.61. The number of sulfonamides is 1. The molecule has 0 fully saturated rings. The minimum Gasteiger partial charge on any atom is -0.494 e. The molecule has 28 heavy (non-hydrogen) atoms. The third kappa shape index (κ3) is 5.05. The fourth-order valence-electron chi connectivity index (χ4n) is 2.51. The molecule has 9 nitrogen and oxygen atoms in total. The maximum Gasteiger partial charge on any atom is 0.240 e. The van der Waals surface area contributed by atoms with E-state index in [-0.39, 0.29) is 11.4 Å². The quantitative estimate of drug-likeness (QED) is 0.525. The molecule has 0 unspecified atom stereocenters. The van der Waals surface area contributed by atoms with E-state index in [1.807, 2.05) is 6.92 Å². The van der Waals surface area contributed by atoms with E-state index in [9.17, 15) is 8.42 Å². The van der Waals surface area contributed by atoms with Gasteiger partial charge in [-0.05, 0) is 44.2 Å². The van der Waals surface area contributed by atoms with Crippen LogP contribution >= 0.6 is 0 Å². The molecular formula is C18H22N6O3S. The van der Waals surface area contributed by atoms with Gasteiger partial charge in [-0.3, -0.25) is 0 Å². The highest BCUT2D eigenvalue weighted by Gasteiger charge is 2.13. The number of benzene rings is 1. The van der Waals surface area contributed by atoms with Gasteiger partial charge in [-0.25, -0.2) is 27.8 Å². The highest BCUT2D eigenvalue weighted by Crippen LogP contribution is 2.15. The Bertz CT molecular complexity index is 1000. The molecular weight excluding hydrogens is 380 g/mol. The molecule has 2 heterocycles. The van der Waals surface area contributed by atoms with Gasteiger partial charge in [0.1, 0.15) is 17.4 Å². The Morgan fingerprint density at radius 1 is 1.14 bits per heavy atom. The molecule has 0 spiro atoms. The first-order valence-electron chi connectivity index (χ1n) is 8.80. The molecule has 0 atom stereocenters. The summed E-state index contributed by atoms with van der Waals surface area (Å²) in [6.45, 7) is 4.75. The van der Waals surface area contributed by atoms with Crippen LogP contribution in [0.4, 0.5) is 5.82 Å². The Morgan fingerprint density at radius 3 is 2.61 bits per heavy atom. The molecule has 2 N–H and O–H groups in total. The summed E-state index contributed by atoms with van der Waals surface area (Å²) in [6.07, 6.45) is 3.46. The zero-order chi connectivity index (χ0) is 20.0. The Hall–Kier alpha value is -2.98. The van der Waals surface area contributed by atoms with Gasteiger partial charge in [0.2, 0.25) is 10.0 Å². The number of anilines is 1. The number of ether oxygens (including phenoxy) is 1. The Balaban J connectivity index is 1.56. The topological polar surface area (TPSA) is 111 Å². The van der Waals surface area contributed by atoms with Crippen LogP contribution in [0.25, 0.3) is 5.82 Å². The van der Waals surface area contributed by atoms with Crippen LogP contribution in [0.3, 0.4) is 0 Å². The maximum absolute atomic E-state index is 12.4. The van der Waals surface area contributed by atoms with E-state index in [1.54, 1.807) is 48.3 Å². The fraction of sp³-hybridized carbons (Fsp3) is 0.278. The number of nitrogens with zero attached hydrogens (tertiary/aromatic N) is 4. The summed E-state index contributed by atoms with van der Waals surface area (Å²) in [7, 11) is -3.59. The van der Waals surface area contributed by atoms with Gasteiger partial charge in [0.25, 0.3) is 0 Å². The van der Waals surface area contributed by atoms with Crippen LogP contribution in [0.15, 0.2) is 53.7 Å². The second-order valence-electron chi connectivity index (χ2n) is 5.84. The highest BCUT2D eigenvalue weighted by atomic mass is 32.2. The molecule has 3 rings (SSSR count). The molecule has 0 aliphatic heterocycles. The molecule has 1 aromatic carbocycles. The third-order valence-electron chi connectivity index (χ3n) is 3.73. The Labute approximate surface area is 163 Å². The molecule has 0 aliphatic carbocycles. The lowest BCUT2D eigenvalue weighted by Gasteiger charge is -2.10. The van der Waals surface area contributed by atoms with E-state index in [0.717, 1.165) is 0 Å². The number of aromatic nitrogens is 4. The second kappa shape index (κ2) is 8.81. The van der Waals surface area contributed by atoms with Crippen molar-refractivity contribution in [3.63, 3.8) is 0 Å². The van der Waals surface area contributed by atoms with Crippen molar-refractivity contribution in [3.8, 4) is 11.6 Å². The van der Waals surface area contributed by atoms with Crippen LogP contribution in [0.5, 0.6) is 5.75 Å². The zero-order valence-electron chi connectivity index (χ0n) is 15.7. The molecule has 0 amide bonds. The molecule has 0 radical (unpaired) electrons. The van der Waals surface area contributed by atoms with E-state index in [0.29, 0.717) is 36.4 Å². The van der Waals surface area contributed by atoms with Gasteiger partial charge in [0.05, 0.1) is 11.5 Å².